The van der Waals surface area contributed by atoms with Gasteiger partial charge in [0.1, 0.15) is 0 Å². The molecule has 2 aromatic rings. The molecule has 0 amide bonds. The molecule has 0 heterocycles. The van der Waals surface area contributed by atoms with Gasteiger partial charge in [-0.2, -0.15) is 0 Å². The Kier molecular flexibility index (Phi) is 4.90. The van der Waals surface area contributed by atoms with Crippen molar-refractivity contribution >= 4 is 43.6 Å². The van der Waals surface area contributed by atoms with Gasteiger partial charge in [-0.15, -0.1) is 0 Å². The van der Waals surface area contributed by atoms with E-state index in [1.54, 1.807) is 11.8 Å². The zero-order chi connectivity index (χ0) is 13.1. The van der Waals surface area contributed by atoms with Gasteiger partial charge in [-0.25, -0.2) is 0 Å². The molecule has 4 heteroatoms. The zero-order valence-electron chi connectivity index (χ0n) is 9.86. The zero-order valence-corrected chi connectivity index (χ0v) is 13.8. The van der Waals surface area contributed by atoms with Crippen LogP contribution in [-0.4, -0.2) is 0 Å². The lowest BCUT2D eigenvalue weighted by Gasteiger charge is -2.10. The van der Waals surface area contributed by atoms with Crippen LogP contribution in [0.3, 0.4) is 0 Å². The van der Waals surface area contributed by atoms with Crippen molar-refractivity contribution < 1.29 is 0 Å². The molecule has 0 radical (unpaired) electrons. The lowest BCUT2D eigenvalue weighted by molar-refractivity contribution is 0.811. The molecule has 2 N–H and O–H groups in total. The summed E-state index contributed by atoms with van der Waals surface area (Å²) in [5, 5.41) is 0. The summed E-state index contributed by atoms with van der Waals surface area (Å²) in [6, 6.07) is 14.5. The average molecular weight is 387 g/mol. The molecule has 0 saturated carbocycles. The summed E-state index contributed by atoms with van der Waals surface area (Å²) < 4.78 is 2.18. The lowest BCUT2D eigenvalue weighted by atomic mass is 10.1. The van der Waals surface area contributed by atoms with Crippen LogP contribution in [0.1, 0.15) is 18.5 Å². The molecule has 0 spiro atoms. The van der Waals surface area contributed by atoms with E-state index in [2.05, 4.69) is 56.1 Å². The van der Waals surface area contributed by atoms with Crippen LogP contribution in [0.15, 0.2) is 61.2 Å². The highest BCUT2D eigenvalue weighted by atomic mass is 79.9. The topological polar surface area (TPSA) is 26.0 Å². The van der Waals surface area contributed by atoms with Crippen LogP contribution >= 0.6 is 43.6 Å². The largest absolute Gasteiger partial charge is 0.324 e. The molecular formula is C14H13Br2NS. The summed E-state index contributed by atoms with van der Waals surface area (Å²) >= 11 is 8.86. The minimum Gasteiger partial charge on any atom is -0.324 e. The Hall–Kier alpha value is -0.290. The maximum absolute atomic E-state index is 5.90. The second kappa shape index (κ2) is 6.24. The molecular weight excluding hydrogens is 374 g/mol. The summed E-state index contributed by atoms with van der Waals surface area (Å²) in [6.07, 6.45) is 0. The van der Waals surface area contributed by atoms with E-state index in [0.29, 0.717) is 0 Å². The summed E-state index contributed by atoms with van der Waals surface area (Å²) in [4.78, 5) is 2.40. The summed E-state index contributed by atoms with van der Waals surface area (Å²) in [5.74, 6) is 0. The normalized spacial score (nSPS) is 12.4. The average Bonchev–Trinajstić information content (AvgIpc) is 2.32. The van der Waals surface area contributed by atoms with E-state index in [-0.39, 0.29) is 6.04 Å². The van der Waals surface area contributed by atoms with Gasteiger partial charge in [-0.3, -0.25) is 0 Å². The van der Waals surface area contributed by atoms with E-state index in [1.165, 1.54) is 9.79 Å². The maximum atomic E-state index is 5.90. The van der Waals surface area contributed by atoms with Crippen LogP contribution in [0, 0.1) is 0 Å². The first-order valence-corrected chi connectivity index (χ1v) is 7.95. The van der Waals surface area contributed by atoms with Gasteiger partial charge in [0.05, 0.1) is 0 Å². The molecule has 0 saturated heterocycles. The fraction of sp³-hybridized carbons (Fsp3) is 0.143. The molecule has 0 fully saturated rings. The SMILES string of the molecule is C[C@@H](N)c1ccc(Sc2ccccc2Br)cc1Br. The number of rotatable bonds is 3. The van der Waals surface area contributed by atoms with Crippen LogP contribution in [-0.2, 0) is 0 Å². The molecule has 0 bridgehead atoms. The Balaban J connectivity index is 2.26. The summed E-state index contributed by atoms with van der Waals surface area (Å²) in [7, 11) is 0. The van der Waals surface area contributed by atoms with Crippen molar-refractivity contribution in [3.8, 4) is 0 Å². The first kappa shape index (κ1) is 14.1. The first-order chi connectivity index (χ1) is 8.58. The van der Waals surface area contributed by atoms with Crippen molar-refractivity contribution in [2.24, 2.45) is 5.73 Å². The second-order valence-corrected chi connectivity index (χ2v) is 6.83. The molecule has 94 valence electrons. The van der Waals surface area contributed by atoms with Crippen molar-refractivity contribution in [1.82, 2.24) is 0 Å². The molecule has 0 aliphatic heterocycles. The molecule has 0 aromatic heterocycles. The molecule has 0 aliphatic rings. The fourth-order valence-corrected chi connectivity index (χ4v) is 3.89. The van der Waals surface area contributed by atoms with Crippen LogP contribution in [0.25, 0.3) is 0 Å². The second-order valence-electron chi connectivity index (χ2n) is 4.00. The highest BCUT2D eigenvalue weighted by Gasteiger charge is 2.07. The van der Waals surface area contributed by atoms with Gasteiger partial charge in [0.2, 0.25) is 0 Å². The van der Waals surface area contributed by atoms with E-state index in [0.717, 1.165) is 14.5 Å². The summed E-state index contributed by atoms with van der Waals surface area (Å²) in [5.41, 5.74) is 7.03. The van der Waals surface area contributed by atoms with E-state index >= 15 is 0 Å². The molecule has 2 rings (SSSR count). The van der Waals surface area contributed by atoms with Crippen molar-refractivity contribution in [2.75, 3.05) is 0 Å². The smallest absolute Gasteiger partial charge is 0.0314 e. The van der Waals surface area contributed by atoms with Gasteiger partial charge in [0, 0.05) is 24.8 Å². The molecule has 1 atom stereocenters. The van der Waals surface area contributed by atoms with Crippen molar-refractivity contribution in [2.45, 2.75) is 22.8 Å². The third-order valence-corrected chi connectivity index (χ3v) is 5.23. The predicted octanol–water partition coefficient (Wildman–Crippen LogP) is 5.38. The van der Waals surface area contributed by atoms with Crippen LogP contribution < -0.4 is 5.73 Å². The third-order valence-electron chi connectivity index (χ3n) is 2.53. The number of halogens is 2. The van der Waals surface area contributed by atoms with E-state index in [1.807, 2.05) is 25.1 Å². The molecule has 1 nitrogen and oxygen atoms in total. The van der Waals surface area contributed by atoms with Crippen LogP contribution in [0.5, 0.6) is 0 Å². The Morgan fingerprint density at radius 1 is 1.06 bits per heavy atom. The number of benzene rings is 2. The van der Waals surface area contributed by atoms with Crippen molar-refractivity contribution in [3.63, 3.8) is 0 Å². The number of hydrogen-bond acceptors (Lipinski definition) is 2. The Labute approximate surface area is 128 Å². The predicted molar refractivity (Wildman–Crippen MR) is 85.0 cm³/mol. The Morgan fingerprint density at radius 2 is 1.78 bits per heavy atom. The standard InChI is InChI=1S/C14H13Br2NS/c1-9(17)11-7-6-10(8-13(11)16)18-14-5-3-2-4-12(14)15/h2-9H,17H2,1H3/t9-/m1/s1. The van der Waals surface area contributed by atoms with E-state index in [9.17, 15) is 0 Å². The summed E-state index contributed by atoms with van der Waals surface area (Å²) in [6.45, 7) is 1.99. The number of hydrogen-bond donors (Lipinski definition) is 1. The van der Waals surface area contributed by atoms with Crippen LogP contribution in [0.2, 0.25) is 0 Å². The van der Waals surface area contributed by atoms with Gasteiger partial charge >= 0.3 is 0 Å². The van der Waals surface area contributed by atoms with E-state index in [4.69, 9.17) is 5.73 Å². The van der Waals surface area contributed by atoms with Gasteiger partial charge in [0.15, 0.2) is 0 Å². The number of nitrogens with two attached hydrogens (primary N) is 1. The fourth-order valence-electron chi connectivity index (χ4n) is 1.60. The highest BCUT2D eigenvalue weighted by Crippen LogP contribution is 2.35. The monoisotopic (exact) mass is 385 g/mol. The van der Waals surface area contributed by atoms with Gasteiger partial charge in [-0.1, -0.05) is 45.9 Å². The minimum atomic E-state index is 0.0434. The highest BCUT2D eigenvalue weighted by molar-refractivity contribution is 9.10. The maximum Gasteiger partial charge on any atom is 0.0314 e. The lowest BCUT2D eigenvalue weighted by Crippen LogP contribution is -2.05. The van der Waals surface area contributed by atoms with Gasteiger partial charge in [0.25, 0.3) is 0 Å². The molecule has 0 aliphatic carbocycles. The Bertz CT molecular complexity index is 555. The quantitative estimate of drug-likeness (QED) is 0.765. The van der Waals surface area contributed by atoms with E-state index < -0.39 is 0 Å². The molecule has 2 aromatic carbocycles. The third kappa shape index (κ3) is 3.38. The van der Waals surface area contributed by atoms with Crippen molar-refractivity contribution in [3.05, 3.63) is 57.0 Å². The molecule has 0 unspecified atom stereocenters. The van der Waals surface area contributed by atoms with Crippen LogP contribution in [0.4, 0.5) is 0 Å². The minimum absolute atomic E-state index is 0.0434. The molecule has 18 heavy (non-hydrogen) atoms. The Morgan fingerprint density at radius 3 is 2.39 bits per heavy atom. The first-order valence-electron chi connectivity index (χ1n) is 5.55. The van der Waals surface area contributed by atoms with Gasteiger partial charge in [-0.05, 0) is 52.7 Å². The van der Waals surface area contributed by atoms with Crippen molar-refractivity contribution in [1.29, 1.82) is 0 Å². The van der Waals surface area contributed by atoms with Gasteiger partial charge < -0.3 is 5.73 Å².